The molecule has 0 amide bonds. The molecule has 0 aliphatic rings. The van der Waals surface area contributed by atoms with E-state index in [1.807, 2.05) is 0 Å². The van der Waals surface area contributed by atoms with Gasteiger partial charge >= 0.3 is 17.9 Å². The van der Waals surface area contributed by atoms with Crippen LogP contribution in [-0.4, -0.2) is 37.2 Å². The van der Waals surface area contributed by atoms with Gasteiger partial charge in [-0.05, 0) is 148 Å². The molecule has 0 bridgehead atoms. The highest BCUT2D eigenvalue weighted by Gasteiger charge is 2.19. The second-order valence-corrected chi connectivity index (χ2v) is 22.3. The Bertz CT molecular complexity index is 1800. The lowest BCUT2D eigenvalue weighted by Gasteiger charge is -2.18. The van der Waals surface area contributed by atoms with Crippen molar-refractivity contribution >= 4 is 17.9 Å². The lowest BCUT2D eigenvalue weighted by molar-refractivity contribution is -0.167. The number of rotatable bonds is 61. The molecule has 0 rings (SSSR count). The van der Waals surface area contributed by atoms with E-state index in [9.17, 15) is 14.4 Å². The van der Waals surface area contributed by atoms with Gasteiger partial charge in [0.2, 0.25) is 0 Å². The van der Waals surface area contributed by atoms with Crippen LogP contribution < -0.4 is 0 Å². The van der Waals surface area contributed by atoms with Crippen molar-refractivity contribution in [3.05, 3.63) is 146 Å². The predicted molar refractivity (Wildman–Crippen MR) is 362 cm³/mol. The maximum absolute atomic E-state index is 12.9. The Morgan fingerprint density at radius 1 is 0.253 bits per heavy atom. The van der Waals surface area contributed by atoms with Gasteiger partial charge in [-0.2, -0.15) is 0 Å². The molecule has 0 aliphatic heterocycles. The number of ether oxygens (including phenoxy) is 3. The summed E-state index contributed by atoms with van der Waals surface area (Å²) in [6.07, 6.45) is 99.9. The molecular weight excluding hydrogens is 1020 g/mol. The van der Waals surface area contributed by atoms with Gasteiger partial charge in [-0.25, -0.2) is 0 Å². The van der Waals surface area contributed by atoms with Gasteiger partial charge in [0, 0.05) is 19.3 Å². The number of hydrogen-bond acceptors (Lipinski definition) is 6. The van der Waals surface area contributed by atoms with Crippen LogP contribution in [0.4, 0.5) is 0 Å². The molecule has 0 aromatic heterocycles. The van der Waals surface area contributed by atoms with E-state index in [1.165, 1.54) is 109 Å². The van der Waals surface area contributed by atoms with Crippen molar-refractivity contribution in [2.75, 3.05) is 13.2 Å². The summed E-state index contributed by atoms with van der Waals surface area (Å²) < 4.78 is 16.9. The van der Waals surface area contributed by atoms with E-state index in [4.69, 9.17) is 14.2 Å². The summed E-state index contributed by atoms with van der Waals surface area (Å²) in [5.74, 6) is -0.923. The Hall–Kier alpha value is -4.71. The summed E-state index contributed by atoms with van der Waals surface area (Å²) in [5, 5.41) is 0. The molecule has 0 aromatic rings. The summed E-state index contributed by atoms with van der Waals surface area (Å²) >= 11 is 0. The minimum Gasteiger partial charge on any atom is -0.462 e. The zero-order valence-electron chi connectivity index (χ0n) is 53.9. The molecule has 1 atom stereocenters. The number of carbonyl (C=O) groups is 3. The average molecular weight is 1150 g/mol. The van der Waals surface area contributed by atoms with Crippen LogP contribution >= 0.6 is 0 Å². The maximum atomic E-state index is 12.9. The van der Waals surface area contributed by atoms with Crippen molar-refractivity contribution in [3.63, 3.8) is 0 Å². The van der Waals surface area contributed by atoms with Gasteiger partial charge in [0.25, 0.3) is 0 Å². The maximum Gasteiger partial charge on any atom is 0.306 e. The molecule has 0 saturated carbocycles. The third kappa shape index (κ3) is 68.0. The number of allylic oxidation sites excluding steroid dienone is 24. The highest BCUT2D eigenvalue weighted by molar-refractivity contribution is 5.71. The standard InChI is InChI=1S/C77H126O6/c1-4-7-10-13-16-19-22-25-28-30-32-33-34-35-36-37-38-39-40-41-42-43-45-46-49-52-55-58-61-64-67-70-76(79)82-73-74(72-81-75(78)69-66-63-60-57-54-51-48-27-24-21-18-15-12-9-6-3)83-77(80)71-68-65-62-59-56-53-50-47-44-31-29-26-23-20-17-14-11-8-5-2/h7,10,16-21,25-29,32-33,35-36,38-39,41-42,45-46,48,74H,4-6,8-9,11-15,22-24,30-31,34,37,40,43-44,47,49-73H2,1-3H3/b10-7-,19-16-,20-17-,21-18-,28-25-,29-26-,33-32-,36-35-,39-38-,42-41-,46-45-,48-27-. The zero-order chi connectivity index (χ0) is 59.9. The van der Waals surface area contributed by atoms with E-state index in [2.05, 4.69) is 167 Å². The first kappa shape index (κ1) is 78.3. The van der Waals surface area contributed by atoms with Gasteiger partial charge in [-0.3, -0.25) is 14.4 Å². The molecule has 0 fully saturated rings. The van der Waals surface area contributed by atoms with E-state index in [0.29, 0.717) is 19.3 Å². The van der Waals surface area contributed by atoms with Crippen LogP contribution in [-0.2, 0) is 28.6 Å². The number of hydrogen-bond donors (Lipinski definition) is 0. The minimum atomic E-state index is -0.800. The Kier molecular flexibility index (Phi) is 65.8. The molecule has 0 saturated heterocycles. The number of esters is 3. The molecule has 6 nitrogen and oxygen atoms in total. The van der Waals surface area contributed by atoms with Crippen molar-refractivity contribution in [2.45, 2.75) is 309 Å². The van der Waals surface area contributed by atoms with E-state index in [1.54, 1.807) is 0 Å². The highest BCUT2D eigenvalue weighted by atomic mass is 16.6. The van der Waals surface area contributed by atoms with E-state index in [0.717, 1.165) is 154 Å². The molecule has 6 heteroatoms. The van der Waals surface area contributed by atoms with Gasteiger partial charge in [-0.15, -0.1) is 0 Å². The topological polar surface area (TPSA) is 78.9 Å². The lowest BCUT2D eigenvalue weighted by atomic mass is 10.1. The Labute approximate surface area is 512 Å². The van der Waals surface area contributed by atoms with Crippen molar-refractivity contribution < 1.29 is 28.6 Å². The Morgan fingerprint density at radius 2 is 0.470 bits per heavy atom. The third-order valence-corrected chi connectivity index (χ3v) is 14.3. The first-order valence-corrected chi connectivity index (χ1v) is 34.3. The van der Waals surface area contributed by atoms with Crippen molar-refractivity contribution in [2.24, 2.45) is 0 Å². The van der Waals surface area contributed by atoms with Gasteiger partial charge in [0.05, 0.1) is 0 Å². The summed E-state index contributed by atoms with van der Waals surface area (Å²) in [6, 6.07) is 0. The van der Waals surface area contributed by atoms with Crippen LogP contribution in [0.5, 0.6) is 0 Å². The van der Waals surface area contributed by atoms with Gasteiger partial charge in [-0.1, -0.05) is 282 Å². The van der Waals surface area contributed by atoms with Gasteiger partial charge < -0.3 is 14.2 Å². The number of carbonyl (C=O) groups excluding carboxylic acids is 3. The van der Waals surface area contributed by atoms with Crippen molar-refractivity contribution in [3.8, 4) is 0 Å². The van der Waals surface area contributed by atoms with Crippen LogP contribution in [0.3, 0.4) is 0 Å². The first-order valence-electron chi connectivity index (χ1n) is 34.3. The molecule has 0 aromatic carbocycles. The molecular formula is C77H126O6. The van der Waals surface area contributed by atoms with Crippen LogP contribution in [0.2, 0.25) is 0 Å². The first-order chi connectivity index (χ1) is 41.0. The molecule has 0 aliphatic carbocycles. The van der Waals surface area contributed by atoms with Crippen LogP contribution in [0.15, 0.2) is 146 Å². The van der Waals surface area contributed by atoms with Crippen LogP contribution in [0, 0.1) is 0 Å². The van der Waals surface area contributed by atoms with Crippen LogP contribution in [0.25, 0.3) is 0 Å². The highest BCUT2D eigenvalue weighted by Crippen LogP contribution is 2.15. The average Bonchev–Trinajstić information content (AvgIpc) is 3.49. The molecule has 470 valence electrons. The monoisotopic (exact) mass is 1150 g/mol. The van der Waals surface area contributed by atoms with Crippen molar-refractivity contribution in [1.82, 2.24) is 0 Å². The van der Waals surface area contributed by atoms with E-state index < -0.39 is 6.10 Å². The Morgan fingerprint density at radius 3 is 0.735 bits per heavy atom. The minimum absolute atomic E-state index is 0.0953. The fourth-order valence-corrected chi connectivity index (χ4v) is 9.17. The molecule has 0 N–H and O–H groups in total. The summed E-state index contributed by atoms with van der Waals surface area (Å²) in [4.78, 5) is 38.4. The second kappa shape index (κ2) is 69.8. The fourth-order valence-electron chi connectivity index (χ4n) is 9.17. The molecule has 83 heavy (non-hydrogen) atoms. The normalized spacial score (nSPS) is 13.0. The SMILES string of the molecule is CC/C=C\C/C=C\C/C=C\C/C=C\C/C=C\C/C=C\C/C=C\C/C=C\CCCCCCCCC(=O)OCC(COC(=O)CCCCCCC/C=C\C/C=C\CCCCC)OC(=O)CCCCCCCCCCC/C=C\C/C=C\CCCCC. The summed E-state index contributed by atoms with van der Waals surface area (Å²) in [6.45, 7) is 6.46. The fraction of sp³-hybridized carbons (Fsp3) is 0.649. The van der Waals surface area contributed by atoms with Crippen molar-refractivity contribution in [1.29, 1.82) is 0 Å². The zero-order valence-corrected chi connectivity index (χ0v) is 53.9. The summed E-state index contributed by atoms with van der Waals surface area (Å²) in [7, 11) is 0. The smallest absolute Gasteiger partial charge is 0.306 e. The lowest BCUT2D eigenvalue weighted by Crippen LogP contribution is -2.30. The molecule has 0 heterocycles. The summed E-state index contributed by atoms with van der Waals surface area (Å²) in [5.41, 5.74) is 0. The van der Waals surface area contributed by atoms with E-state index in [-0.39, 0.29) is 31.1 Å². The largest absolute Gasteiger partial charge is 0.462 e. The number of unbranched alkanes of at least 4 members (excludes halogenated alkanes) is 26. The van der Waals surface area contributed by atoms with Crippen LogP contribution in [0.1, 0.15) is 303 Å². The predicted octanol–water partition coefficient (Wildman–Crippen LogP) is 23.9. The Balaban J connectivity index is 4.39. The second-order valence-electron chi connectivity index (χ2n) is 22.3. The van der Waals surface area contributed by atoms with Gasteiger partial charge in [0.1, 0.15) is 13.2 Å². The molecule has 0 radical (unpaired) electrons. The molecule has 0 spiro atoms. The quantitative estimate of drug-likeness (QED) is 0.0261. The third-order valence-electron chi connectivity index (χ3n) is 14.3. The van der Waals surface area contributed by atoms with Gasteiger partial charge in [0.15, 0.2) is 6.10 Å². The molecule has 1 unspecified atom stereocenters. The van der Waals surface area contributed by atoms with E-state index >= 15 is 0 Å².